The van der Waals surface area contributed by atoms with E-state index in [1.807, 2.05) is 30.8 Å². The molecule has 0 radical (unpaired) electrons. The van der Waals surface area contributed by atoms with E-state index in [2.05, 4.69) is 28.2 Å². The Hall–Kier alpha value is -2.19. The van der Waals surface area contributed by atoms with E-state index < -0.39 is 10.0 Å². The van der Waals surface area contributed by atoms with E-state index in [1.165, 1.54) is 0 Å². The second-order valence-electron chi connectivity index (χ2n) is 7.31. The lowest BCUT2D eigenvalue weighted by atomic mass is 10.2. The monoisotopic (exact) mass is 389 g/mol. The summed E-state index contributed by atoms with van der Waals surface area (Å²) in [7, 11) is -3.56. The Labute approximate surface area is 160 Å². The van der Waals surface area contributed by atoms with Crippen molar-refractivity contribution in [3.05, 3.63) is 30.1 Å². The van der Waals surface area contributed by atoms with Gasteiger partial charge in [0.25, 0.3) is 0 Å². The Balaban J connectivity index is 2.21. The molecule has 0 bridgehead atoms. The number of imidazole rings is 1. The highest BCUT2D eigenvalue weighted by Gasteiger charge is 2.21. The third-order valence-corrected chi connectivity index (χ3v) is 6.05. The van der Waals surface area contributed by atoms with E-state index in [0.29, 0.717) is 5.52 Å². The average Bonchev–Trinajstić information content (AvgIpc) is 3.12. The quantitative estimate of drug-likeness (QED) is 0.700. The van der Waals surface area contributed by atoms with Gasteiger partial charge in [0, 0.05) is 24.8 Å². The first-order valence-corrected chi connectivity index (χ1v) is 10.7. The largest absolute Gasteiger partial charge is 0.321 e. The molecule has 0 amide bonds. The number of fused-ring (bicyclic) bond motifs is 1. The fourth-order valence-corrected chi connectivity index (χ4v) is 4.51. The highest BCUT2D eigenvalue weighted by atomic mass is 32.2. The summed E-state index contributed by atoms with van der Waals surface area (Å²) in [4.78, 5) is 5.01. The van der Waals surface area contributed by atoms with Crippen molar-refractivity contribution in [2.75, 3.05) is 0 Å². The maximum atomic E-state index is 12.5. The average molecular weight is 390 g/mol. The summed E-state index contributed by atoms with van der Waals surface area (Å²) >= 11 is 0. The lowest BCUT2D eigenvalue weighted by Crippen LogP contribution is -2.30. The molecule has 0 fully saturated rings. The number of hydrogen-bond donors (Lipinski definition) is 1. The van der Waals surface area contributed by atoms with Crippen molar-refractivity contribution < 1.29 is 8.42 Å². The van der Waals surface area contributed by atoms with Gasteiger partial charge in [-0.05, 0) is 59.7 Å². The molecule has 0 saturated heterocycles. The van der Waals surface area contributed by atoms with E-state index in [4.69, 9.17) is 4.98 Å². The van der Waals surface area contributed by atoms with Crippen molar-refractivity contribution >= 4 is 21.1 Å². The van der Waals surface area contributed by atoms with Crippen LogP contribution in [0.15, 0.2) is 29.3 Å². The first-order valence-electron chi connectivity index (χ1n) is 9.22. The van der Waals surface area contributed by atoms with Crippen LogP contribution in [0.1, 0.15) is 46.4 Å². The number of benzene rings is 1. The molecule has 3 rings (SSSR count). The van der Waals surface area contributed by atoms with Gasteiger partial charge in [-0.25, -0.2) is 18.1 Å². The Morgan fingerprint density at radius 1 is 1.19 bits per heavy atom. The van der Waals surface area contributed by atoms with Gasteiger partial charge in [-0.1, -0.05) is 0 Å². The molecule has 1 aromatic carbocycles. The van der Waals surface area contributed by atoms with Crippen LogP contribution in [0.3, 0.4) is 0 Å². The molecular formula is C19H27N5O2S. The van der Waals surface area contributed by atoms with Gasteiger partial charge < -0.3 is 4.57 Å². The molecule has 3 aromatic rings. The summed E-state index contributed by atoms with van der Waals surface area (Å²) in [6.07, 6.45) is 1.99. The van der Waals surface area contributed by atoms with Crippen LogP contribution >= 0.6 is 0 Å². The standard InChI is InChI=1S/C19H27N5O2S/c1-7-23-11-16(14(6)21-23)19-20-17-10-15(27(25,26)22-12(2)3)8-9-18(17)24(19)13(4)5/h8-13,22H,7H2,1-6H3. The molecule has 0 aliphatic carbocycles. The van der Waals surface area contributed by atoms with Gasteiger partial charge in [0.15, 0.2) is 0 Å². The molecule has 7 nitrogen and oxygen atoms in total. The summed E-state index contributed by atoms with van der Waals surface area (Å²) in [6.45, 7) is 12.6. The van der Waals surface area contributed by atoms with Gasteiger partial charge in [-0.3, -0.25) is 4.68 Å². The number of aryl methyl sites for hydroxylation is 2. The molecule has 2 aromatic heterocycles. The first kappa shape index (κ1) is 19.6. The lowest BCUT2D eigenvalue weighted by molar-refractivity contribution is 0.570. The Morgan fingerprint density at radius 2 is 1.89 bits per heavy atom. The Kier molecular flexibility index (Phi) is 5.14. The van der Waals surface area contributed by atoms with Crippen LogP contribution in [0.2, 0.25) is 0 Å². The number of aromatic nitrogens is 4. The summed E-state index contributed by atoms with van der Waals surface area (Å²) in [5, 5.41) is 4.52. The van der Waals surface area contributed by atoms with E-state index in [1.54, 1.807) is 26.0 Å². The smallest absolute Gasteiger partial charge is 0.240 e. The van der Waals surface area contributed by atoms with Crippen LogP contribution in [-0.4, -0.2) is 33.8 Å². The van der Waals surface area contributed by atoms with Crippen molar-refractivity contribution in [2.24, 2.45) is 0 Å². The van der Waals surface area contributed by atoms with Crippen LogP contribution < -0.4 is 4.72 Å². The second kappa shape index (κ2) is 7.09. The predicted molar refractivity (Wildman–Crippen MR) is 107 cm³/mol. The minimum Gasteiger partial charge on any atom is -0.321 e. The van der Waals surface area contributed by atoms with Crippen molar-refractivity contribution in [3.8, 4) is 11.4 Å². The van der Waals surface area contributed by atoms with E-state index in [0.717, 1.165) is 29.1 Å². The minimum atomic E-state index is -3.56. The van der Waals surface area contributed by atoms with E-state index in [9.17, 15) is 8.42 Å². The maximum Gasteiger partial charge on any atom is 0.240 e. The maximum absolute atomic E-state index is 12.5. The van der Waals surface area contributed by atoms with Crippen LogP contribution in [0, 0.1) is 6.92 Å². The van der Waals surface area contributed by atoms with Gasteiger partial charge in [-0.15, -0.1) is 0 Å². The summed E-state index contributed by atoms with van der Waals surface area (Å²) in [5.41, 5.74) is 3.44. The summed E-state index contributed by atoms with van der Waals surface area (Å²) < 4.78 is 31.7. The van der Waals surface area contributed by atoms with Crippen LogP contribution in [-0.2, 0) is 16.6 Å². The fraction of sp³-hybridized carbons (Fsp3) is 0.474. The van der Waals surface area contributed by atoms with Crippen molar-refractivity contribution in [3.63, 3.8) is 0 Å². The third-order valence-electron chi connectivity index (χ3n) is 4.39. The molecule has 0 aliphatic rings. The summed E-state index contributed by atoms with van der Waals surface area (Å²) in [6, 6.07) is 5.12. The van der Waals surface area contributed by atoms with Gasteiger partial charge in [0.2, 0.25) is 10.0 Å². The molecule has 27 heavy (non-hydrogen) atoms. The molecule has 0 aliphatic heterocycles. The zero-order chi connectivity index (χ0) is 19.9. The Bertz CT molecular complexity index is 1080. The number of hydrogen-bond acceptors (Lipinski definition) is 4. The number of rotatable bonds is 6. The molecule has 1 N–H and O–H groups in total. The van der Waals surface area contributed by atoms with E-state index >= 15 is 0 Å². The Morgan fingerprint density at radius 3 is 2.44 bits per heavy atom. The van der Waals surface area contributed by atoms with Crippen molar-refractivity contribution in [1.82, 2.24) is 24.1 Å². The molecule has 2 heterocycles. The number of nitrogens with zero attached hydrogens (tertiary/aromatic N) is 4. The minimum absolute atomic E-state index is 0.169. The summed E-state index contributed by atoms with van der Waals surface area (Å²) in [5.74, 6) is 0.809. The topological polar surface area (TPSA) is 81.8 Å². The molecular weight excluding hydrogens is 362 g/mol. The molecule has 0 atom stereocenters. The zero-order valence-electron chi connectivity index (χ0n) is 16.7. The SMILES string of the molecule is CCn1cc(-c2nc3cc(S(=O)(=O)NC(C)C)ccc3n2C(C)C)c(C)n1. The van der Waals surface area contributed by atoms with Gasteiger partial charge in [0.05, 0.1) is 27.2 Å². The van der Waals surface area contributed by atoms with Crippen molar-refractivity contribution in [2.45, 2.75) is 65.1 Å². The van der Waals surface area contributed by atoms with Gasteiger partial charge >= 0.3 is 0 Å². The molecule has 0 spiro atoms. The first-order chi connectivity index (χ1) is 12.6. The second-order valence-corrected chi connectivity index (χ2v) is 9.02. The van der Waals surface area contributed by atoms with E-state index in [-0.39, 0.29) is 17.0 Å². The highest BCUT2D eigenvalue weighted by Crippen LogP contribution is 2.31. The van der Waals surface area contributed by atoms with Gasteiger partial charge in [0.1, 0.15) is 5.82 Å². The molecule has 8 heteroatoms. The predicted octanol–water partition coefficient (Wildman–Crippen LogP) is 3.50. The van der Waals surface area contributed by atoms with Gasteiger partial charge in [-0.2, -0.15) is 5.10 Å². The third kappa shape index (κ3) is 3.64. The molecule has 0 unspecified atom stereocenters. The normalized spacial score (nSPS) is 12.6. The lowest BCUT2D eigenvalue weighted by Gasteiger charge is -2.13. The zero-order valence-corrected chi connectivity index (χ0v) is 17.5. The fourth-order valence-electron chi connectivity index (χ4n) is 3.24. The van der Waals surface area contributed by atoms with Crippen LogP contribution in [0.4, 0.5) is 0 Å². The number of nitrogens with one attached hydrogen (secondary N) is 1. The number of sulfonamides is 1. The highest BCUT2D eigenvalue weighted by molar-refractivity contribution is 7.89. The molecule has 0 saturated carbocycles. The van der Waals surface area contributed by atoms with Crippen LogP contribution in [0.25, 0.3) is 22.4 Å². The molecule has 146 valence electrons. The van der Waals surface area contributed by atoms with Crippen molar-refractivity contribution in [1.29, 1.82) is 0 Å². The van der Waals surface area contributed by atoms with Crippen LogP contribution in [0.5, 0.6) is 0 Å².